The van der Waals surface area contributed by atoms with E-state index in [-0.39, 0.29) is 51.0 Å². The zero-order valence-electron chi connectivity index (χ0n) is 21.4. The molecule has 35 heavy (non-hydrogen) atoms. The van der Waals surface area contributed by atoms with Gasteiger partial charge < -0.3 is 24.9 Å². The monoisotopic (exact) mass is 538 g/mol. The third kappa shape index (κ3) is 10.3. The number of thioether (sulfide) groups is 1. The van der Waals surface area contributed by atoms with Gasteiger partial charge in [-0.1, -0.05) is 27.7 Å². The molecule has 0 aromatic rings. The Morgan fingerprint density at radius 1 is 1.06 bits per heavy atom. The average molecular weight is 539 g/mol. The molecule has 5 atom stereocenters. The van der Waals surface area contributed by atoms with E-state index in [9.17, 15) is 29.3 Å². The summed E-state index contributed by atoms with van der Waals surface area (Å²) in [6, 6.07) is -0.978. The van der Waals surface area contributed by atoms with Gasteiger partial charge >= 0.3 is 7.82 Å². The number of nitrogens with zero attached hydrogens (tertiary/aromatic N) is 2. The summed E-state index contributed by atoms with van der Waals surface area (Å²) in [7, 11) is -4.48. The summed E-state index contributed by atoms with van der Waals surface area (Å²) in [6.07, 6.45) is 1.20. The second-order valence-electron chi connectivity index (χ2n) is 10.2. The molecule has 2 aliphatic rings. The van der Waals surface area contributed by atoms with E-state index in [2.05, 4.69) is 13.8 Å². The van der Waals surface area contributed by atoms with Crippen molar-refractivity contribution in [2.24, 2.45) is 5.92 Å². The standard InChI is InChI=1S/C23H43N2O8PS/c1-16(2)7-8-23(29)24-12-20(27)10-19(24)15-32-34(30,31)33-21-11-18(14-26)25(13-21)22(28)6-5-9-35-17(3)4/h16-21,26-27H,5-15H2,1-4H3,(H,30,31)/t18-,19-,20+,21+/m0/s1. The smallest absolute Gasteiger partial charge is 0.394 e. The molecule has 204 valence electrons. The van der Waals surface area contributed by atoms with Crippen LogP contribution in [0.25, 0.3) is 0 Å². The third-order valence-electron chi connectivity index (χ3n) is 6.25. The van der Waals surface area contributed by atoms with Gasteiger partial charge in [0.25, 0.3) is 0 Å². The average Bonchev–Trinajstić information content (AvgIpc) is 3.35. The highest BCUT2D eigenvalue weighted by molar-refractivity contribution is 7.99. The maximum absolute atomic E-state index is 12.6. The van der Waals surface area contributed by atoms with Gasteiger partial charge in [-0.2, -0.15) is 11.8 Å². The second-order valence-corrected chi connectivity index (χ2v) is 13.2. The van der Waals surface area contributed by atoms with Crippen LogP contribution in [0.3, 0.4) is 0 Å². The highest BCUT2D eigenvalue weighted by Gasteiger charge is 2.41. The van der Waals surface area contributed by atoms with Crippen LogP contribution in [-0.2, 0) is 23.2 Å². The SMILES string of the molecule is CC(C)CCC(=O)N1C[C@H](O)C[C@H]1COP(=O)(O)O[C@@H]1C[C@@H](CO)N(C(=O)CCCSC(C)C)C1. The van der Waals surface area contributed by atoms with Crippen LogP contribution in [0.15, 0.2) is 0 Å². The lowest BCUT2D eigenvalue weighted by atomic mass is 10.1. The molecule has 0 radical (unpaired) electrons. The number of carbonyl (C=O) groups is 2. The first-order valence-corrected chi connectivity index (χ1v) is 15.1. The van der Waals surface area contributed by atoms with Crippen molar-refractivity contribution in [3.63, 3.8) is 0 Å². The topological polar surface area (TPSA) is 137 Å². The lowest BCUT2D eigenvalue weighted by molar-refractivity contribution is -0.133. The number of phosphoric ester groups is 1. The van der Waals surface area contributed by atoms with E-state index in [1.54, 1.807) is 11.8 Å². The molecular formula is C23H43N2O8PS. The summed E-state index contributed by atoms with van der Waals surface area (Å²) in [5, 5.41) is 20.2. The van der Waals surface area contributed by atoms with Crippen molar-refractivity contribution in [1.82, 2.24) is 9.80 Å². The van der Waals surface area contributed by atoms with Crippen LogP contribution >= 0.6 is 19.6 Å². The Morgan fingerprint density at radius 3 is 2.34 bits per heavy atom. The van der Waals surface area contributed by atoms with Crippen molar-refractivity contribution in [2.75, 3.05) is 32.1 Å². The Morgan fingerprint density at radius 2 is 1.71 bits per heavy atom. The summed E-state index contributed by atoms with van der Waals surface area (Å²) >= 11 is 1.78. The van der Waals surface area contributed by atoms with Crippen molar-refractivity contribution in [2.45, 2.75) is 95.8 Å². The Balaban J connectivity index is 1.85. The van der Waals surface area contributed by atoms with E-state index in [0.29, 0.717) is 24.0 Å². The van der Waals surface area contributed by atoms with Crippen LogP contribution in [0.5, 0.6) is 0 Å². The first-order valence-electron chi connectivity index (χ1n) is 12.6. The van der Waals surface area contributed by atoms with Gasteiger partial charge in [0.2, 0.25) is 11.8 Å². The van der Waals surface area contributed by atoms with Gasteiger partial charge in [0, 0.05) is 25.9 Å². The number of rotatable bonds is 14. The molecule has 2 saturated heterocycles. The van der Waals surface area contributed by atoms with E-state index in [4.69, 9.17) is 9.05 Å². The zero-order valence-corrected chi connectivity index (χ0v) is 23.1. The van der Waals surface area contributed by atoms with Gasteiger partial charge in [-0.25, -0.2) is 4.57 Å². The summed E-state index contributed by atoms with van der Waals surface area (Å²) < 4.78 is 23.2. The van der Waals surface area contributed by atoms with Crippen LogP contribution < -0.4 is 0 Å². The fourth-order valence-corrected chi connectivity index (χ4v) is 6.16. The van der Waals surface area contributed by atoms with Crippen molar-refractivity contribution >= 4 is 31.4 Å². The minimum Gasteiger partial charge on any atom is -0.394 e. The van der Waals surface area contributed by atoms with Crippen LogP contribution in [0.2, 0.25) is 0 Å². The Hall–Kier alpha value is -0.680. The van der Waals surface area contributed by atoms with Crippen molar-refractivity contribution in [1.29, 1.82) is 0 Å². The van der Waals surface area contributed by atoms with Gasteiger partial charge in [-0.15, -0.1) is 0 Å². The van der Waals surface area contributed by atoms with Crippen LogP contribution in [0.1, 0.15) is 66.2 Å². The molecule has 3 N–H and O–H groups in total. The molecule has 2 rings (SSSR count). The maximum atomic E-state index is 12.6. The minimum atomic E-state index is -4.48. The summed E-state index contributed by atoms with van der Waals surface area (Å²) in [4.78, 5) is 38.5. The predicted molar refractivity (Wildman–Crippen MR) is 135 cm³/mol. The molecule has 0 aromatic carbocycles. The molecule has 2 fully saturated rings. The zero-order chi connectivity index (χ0) is 26.2. The Bertz CT molecular complexity index is 740. The van der Waals surface area contributed by atoms with E-state index in [1.807, 2.05) is 13.8 Å². The number of likely N-dealkylation sites (tertiary alicyclic amines) is 2. The first-order chi connectivity index (χ1) is 16.4. The van der Waals surface area contributed by atoms with Crippen LogP contribution in [0, 0.1) is 5.92 Å². The largest absolute Gasteiger partial charge is 0.472 e. The number of aliphatic hydroxyl groups excluding tert-OH is 2. The van der Waals surface area contributed by atoms with Gasteiger partial charge in [-0.3, -0.25) is 18.6 Å². The molecule has 0 saturated carbocycles. The predicted octanol–water partition coefficient (Wildman–Crippen LogP) is 2.40. The number of phosphoric acid groups is 1. The molecular weight excluding hydrogens is 495 g/mol. The van der Waals surface area contributed by atoms with Gasteiger partial charge in [-0.05, 0) is 42.6 Å². The second kappa shape index (κ2) is 14.3. The van der Waals surface area contributed by atoms with Crippen LogP contribution in [-0.4, -0.2) is 98.3 Å². The highest BCUT2D eigenvalue weighted by atomic mass is 32.2. The summed E-state index contributed by atoms with van der Waals surface area (Å²) in [6.45, 7) is 8.05. The molecule has 12 heteroatoms. The van der Waals surface area contributed by atoms with Gasteiger partial charge in [0.15, 0.2) is 0 Å². The number of hydrogen-bond donors (Lipinski definition) is 3. The van der Waals surface area contributed by atoms with Gasteiger partial charge in [0.1, 0.15) is 0 Å². The molecule has 0 aliphatic carbocycles. The number of amides is 2. The van der Waals surface area contributed by atoms with E-state index in [1.165, 1.54) is 9.80 Å². The molecule has 0 spiro atoms. The maximum Gasteiger partial charge on any atom is 0.472 e. The normalized spacial score (nSPS) is 26.7. The molecule has 2 amide bonds. The van der Waals surface area contributed by atoms with E-state index >= 15 is 0 Å². The van der Waals surface area contributed by atoms with Crippen molar-refractivity contribution in [3.8, 4) is 0 Å². The van der Waals surface area contributed by atoms with Crippen LogP contribution in [0.4, 0.5) is 0 Å². The first kappa shape index (κ1) is 30.5. The van der Waals surface area contributed by atoms with E-state index in [0.717, 1.165) is 18.6 Å². The quantitative estimate of drug-likeness (QED) is 0.225. The Labute approximate surface area is 213 Å². The third-order valence-corrected chi connectivity index (χ3v) is 8.48. The molecule has 2 heterocycles. The molecule has 0 aromatic heterocycles. The fraction of sp³-hybridized carbons (Fsp3) is 0.913. The van der Waals surface area contributed by atoms with Crippen molar-refractivity contribution in [3.05, 3.63) is 0 Å². The number of β-amino-alcohol motifs (C(OH)–C–C–N with tert-alkyl or cyclic N) is 1. The molecule has 10 nitrogen and oxygen atoms in total. The molecule has 2 aliphatic heterocycles. The molecule has 1 unspecified atom stereocenters. The Kier molecular flexibility index (Phi) is 12.5. The fourth-order valence-electron chi connectivity index (χ4n) is 4.42. The lowest BCUT2D eigenvalue weighted by Gasteiger charge is -2.26. The highest BCUT2D eigenvalue weighted by Crippen LogP contribution is 2.47. The lowest BCUT2D eigenvalue weighted by Crippen LogP contribution is -2.38. The summed E-state index contributed by atoms with van der Waals surface area (Å²) in [5.74, 6) is 1.02. The number of aliphatic hydroxyl groups is 2. The molecule has 0 bridgehead atoms. The number of hydrogen-bond acceptors (Lipinski definition) is 8. The minimum absolute atomic E-state index is 0.108. The summed E-state index contributed by atoms with van der Waals surface area (Å²) in [5.41, 5.74) is 0. The van der Waals surface area contributed by atoms with E-state index < -0.39 is 32.1 Å². The number of carbonyl (C=O) groups excluding carboxylic acids is 2. The van der Waals surface area contributed by atoms with Crippen molar-refractivity contribution < 1.29 is 38.3 Å². The van der Waals surface area contributed by atoms with Gasteiger partial charge in [0.05, 0.1) is 37.5 Å².